The van der Waals surface area contributed by atoms with Crippen molar-refractivity contribution in [1.82, 2.24) is 4.90 Å². The number of anilines is 4. The summed E-state index contributed by atoms with van der Waals surface area (Å²) in [5.74, 6) is 0.116. The molecule has 5 rings (SSSR count). The van der Waals surface area contributed by atoms with Gasteiger partial charge in [-0.05, 0) is 149 Å². The van der Waals surface area contributed by atoms with Gasteiger partial charge in [-0.15, -0.1) is 0 Å². The standard InChI is InChI=1S/C26H44N2O2SSi2.C15H27NO4S2Si.C14H24N2O4SSi.C14H25NO3SSi/c1-5-19-32-21-7-17-27(3)23-9-13-25(14-10-23)31(29,30)26-15-11-24(12-16-26)28(4)18-8-22-33-20-6-2;1-5-10-23-11-6-9-16(2)14-8-7-13(21(3,17)18)12-15(14)22(4,19)20;1-4-9-22-10-5-8-15(2)12-6-7-14(21(3,19)20)13(11-12)16(17)18;1-3-10-20-11-4-9-15(2)12-19(17,18)14-7-5-13(16)6-8-14/h9-16H,5-8,17-22,32-33H2,1-4H3;7-8,12H,5-6,9-11,23H2,1-4H3;6-7,11H,4-5,8-10,22H2,1-3H3;5-8,16H,3-4,9-12,20H2,1-2H3. The number of benzene rings is 5. The summed E-state index contributed by atoms with van der Waals surface area (Å²) in [5.41, 5.74) is 3.04. The summed E-state index contributed by atoms with van der Waals surface area (Å²) < 4.78 is 121. The minimum atomic E-state index is -3.60. The number of sulfone groups is 5. The van der Waals surface area contributed by atoms with Crippen molar-refractivity contribution in [2.75, 3.05) is 112 Å². The topological polar surface area (TPSA) is 250 Å². The van der Waals surface area contributed by atoms with E-state index in [-0.39, 0.29) is 84.5 Å². The first-order valence-electron chi connectivity index (χ1n) is 35.2. The van der Waals surface area contributed by atoms with Gasteiger partial charge >= 0.3 is 0 Å². The SMILES string of the molecule is CCC[SiH2]CCCN(C)CS(=O)(=O)c1ccc(O)cc1.CCC[SiH2]CCCN(C)c1ccc(S(=O)(=O)c2ccc(N(C)CCC[SiH2]CCC)cc2)cc1.CCC[SiH2]CCCN(C)c1ccc(S(C)(=O)=O)c([N+](=O)[O-])c1.CCC[SiH2]CCCN(C)c1ccc(S(C)(=O)=O)cc1S(C)(=O)=O. The number of phenols is 1. The van der Waals surface area contributed by atoms with E-state index in [0.29, 0.717) is 21.2 Å². The minimum absolute atomic E-state index is 0.00207. The highest BCUT2D eigenvalue weighted by atomic mass is 32.2. The van der Waals surface area contributed by atoms with E-state index in [0.717, 1.165) is 82.1 Å². The molecule has 0 radical (unpaired) electrons. The molecule has 1 N–H and O–H groups in total. The maximum absolute atomic E-state index is 13.1. The van der Waals surface area contributed by atoms with Gasteiger partial charge in [-0.25, -0.2) is 42.1 Å². The Morgan fingerprint density at radius 2 is 0.724 bits per heavy atom. The van der Waals surface area contributed by atoms with Gasteiger partial charge < -0.3 is 24.7 Å². The summed E-state index contributed by atoms with van der Waals surface area (Å²) in [6.45, 7) is 15.6. The average Bonchev–Trinajstić information content (AvgIpc) is 0.815. The zero-order valence-electron chi connectivity index (χ0n) is 61.4. The maximum atomic E-state index is 13.1. The summed E-state index contributed by atoms with van der Waals surface area (Å²) >= 11 is 0. The van der Waals surface area contributed by atoms with Crippen molar-refractivity contribution >= 4 is 125 Å². The van der Waals surface area contributed by atoms with Crippen molar-refractivity contribution in [3.05, 3.63) is 119 Å². The second-order valence-electron chi connectivity index (χ2n) is 25.9. The molecule has 0 amide bonds. The second kappa shape index (κ2) is 46.7. The molecule has 19 nitrogen and oxygen atoms in total. The first kappa shape index (κ1) is 89.4. The van der Waals surface area contributed by atoms with Crippen molar-refractivity contribution in [2.45, 2.75) is 189 Å². The number of nitrogens with zero attached hydrogens (tertiary/aromatic N) is 6. The molecule has 29 heteroatoms. The maximum Gasteiger partial charge on any atom is 0.290 e. The molecule has 0 bridgehead atoms. The van der Waals surface area contributed by atoms with Crippen LogP contribution in [0.15, 0.2) is 139 Å². The molecule has 554 valence electrons. The summed E-state index contributed by atoms with van der Waals surface area (Å²) in [5, 5.41) is 20.3. The third-order valence-corrected chi connectivity index (χ3v) is 34.9. The van der Waals surface area contributed by atoms with Crippen LogP contribution in [0.25, 0.3) is 0 Å². The molecule has 0 aromatic heterocycles. The molecule has 5 aromatic rings. The van der Waals surface area contributed by atoms with Crippen LogP contribution in [0.4, 0.5) is 28.4 Å². The molecule has 0 aliphatic carbocycles. The van der Waals surface area contributed by atoms with Crippen LogP contribution in [0.1, 0.15) is 98.8 Å². The molecule has 0 unspecified atom stereocenters. The minimum Gasteiger partial charge on any atom is -0.508 e. The molecular formula is C69H120N6O13S5Si5. The molecule has 0 heterocycles. The number of aromatic hydroxyl groups is 1. The van der Waals surface area contributed by atoms with Crippen LogP contribution in [0.3, 0.4) is 0 Å². The van der Waals surface area contributed by atoms with Gasteiger partial charge in [-0.1, -0.05) is 127 Å². The lowest BCUT2D eigenvalue weighted by Gasteiger charge is -2.22. The fraction of sp³-hybridized carbons (Fsp3) is 0.565. The number of hydrogen-bond acceptors (Lipinski definition) is 18. The van der Waals surface area contributed by atoms with Crippen LogP contribution in [-0.2, 0) is 49.2 Å². The Hall–Kier alpha value is -4.71. The lowest BCUT2D eigenvalue weighted by Crippen LogP contribution is -2.27. The van der Waals surface area contributed by atoms with Gasteiger partial charge in [0.15, 0.2) is 39.3 Å². The summed E-state index contributed by atoms with van der Waals surface area (Å²) in [4.78, 5) is 21.5. The zero-order chi connectivity index (χ0) is 73.5. The fourth-order valence-corrected chi connectivity index (χ4v) is 23.1. The number of hydrogen-bond donors (Lipinski definition) is 1. The van der Waals surface area contributed by atoms with Gasteiger partial charge in [0.25, 0.3) is 5.69 Å². The molecule has 0 spiro atoms. The van der Waals surface area contributed by atoms with Crippen molar-refractivity contribution in [3.8, 4) is 5.75 Å². The van der Waals surface area contributed by atoms with E-state index in [9.17, 15) is 57.3 Å². The van der Waals surface area contributed by atoms with E-state index in [1.807, 2.05) is 60.1 Å². The van der Waals surface area contributed by atoms with Crippen molar-refractivity contribution < 1.29 is 52.1 Å². The molecule has 0 fully saturated rings. The Bertz CT molecular complexity index is 3630. The monoisotopic (exact) mass is 1540 g/mol. The van der Waals surface area contributed by atoms with E-state index in [1.54, 1.807) is 36.4 Å². The van der Waals surface area contributed by atoms with Gasteiger partial charge in [-0.2, -0.15) is 0 Å². The summed E-state index contributed by atoms with van der Waals surface area (Å²) in [7, 11) is -7.26. The van der Waals surface area contributed by atoms with Crippen LogP contribution in [0.2, 0.25) is 60.4 Å². The summed E-state index contributed by atoms with van der Waals surface area (Å²) in [6, 6.07) is 42.6. The first-order chi connectivity index (χ1) is 46.2. The first-order valence-corrected chi connectivity index (χ1v) is 54.0. The number of phenolic OH excluding ortho intramolecular Hbond substituents is 1. The summed E-state index contributed by atoms with van der Waals surface area (Å²) in [6.07, 6.45) is 15.2. The Kier molecular flexibility index (Phi) is 42.6. The van der Waals surface area contributed by atoms with Gasteiger partial charge in [0.05, 0.1) is 35.1 Å². The molecule has 0 aliphatic rings. The van der Waals surface area contributed by atoms with E-state index >= 15 is 0 Å². The Morgan fingerprint density at radius 1 is 0.388 bits per heavy atom. The fourth-order valence-electron chi connectivity index (χ4n) is 10.8. The van der Waals surface area contributed by atoms with Crippen molar-refractivity contribution in [1.29, 1.82) is 0 Å². The van der Waals surface area contributed by atoms with Crippen molar-refractivity contribution in [3.63, 3.8) is 0 Å². The lowest BCUT2D eigenvalue weighted by molar-refractivity contribution is -0.387. The van der Waals surface area contributed by atoms with Gasteiger partial charge in [0, 0.05) is 144 Å². The lowest BCUT2D eigenvalue weighted by atomic mass is 10.2. The van der Waals surface area contributed by atoms with Gasteiger partial charge in [-0.3, -0.25) is 15.0 Å². The highest BCUT2D eigenvalue weighted by molar-refractivity contribution is 7.92. The van der Waals surface area contributed by atoms with Crippen LogP contribution >= 0.6 is 0 Å². The average molecular weight is 1540 g/mol. The molecule has 0 atom stereocenters. The second-order valence-corrected chi connectivity index (χ2v) is 46.4. The van der Waals surface area contributed by atoms with Gasteiger partial charge in [0.2, 0.25) is 9.84 Å². The normalized spacial score (nSPS) is 12.4. The number of rotatable bonds is 43. The predicted octanol–water partition coefficient (Wildman–Crippen LogP) is 10.8. The van der Waals surface area contributed by atoms with Gasteiger partial charge in [0.1, 0.15) is 16.5 Å². The Morgan fingerprint density at radius 3 is 1.08 bits per heavy atom. The highest BCUT2D eigenvalue weighted by Gasteiger charge is 2.25. The predicted molar refractivity (Wildman–Crippen MR) is 428 cm³/mol. The van der Waals surface area contributed by atoms with E-state index in [4.69, 9.17) is 0 Å². The van der Waals surface area contributed by atoms with Crippen LogP contribution in [0, 0.1) is 10.1 Å². The highest BCUT2D eigenvalue weighted by Crippen LogP contribution is 2.31. The molecule has 5 aromatic carbocycles. The van der Waals surface area contributed by atoms with E-state index in [2.05, 4.69) is 58.5 Å². The quantitative estimate of drug-likeness (QED) is 0.0165. The largest absolute Gasteiger partial charge is 0.508 e. The molecule has 0 saturated carbocycles. The Labute approximate surface area is 603 Å². The smallest absolute Gasteiger partial charge is 0.290 e. The third kappa shape index (κ3) is 34.3. The number of nitro benzene ring substituents is 1. The van der Waals surface area contributed by atoms with Crippen molar-refractivity contribution in [2.24, 2.45) is 0 Å². The van der Waals surface area contributed by atoms with Crippen LogP contribution in [-0.4, -0.2) is 197 Å². The third-order valence-electron chi connectivity index (χ3n) is 16.9. The molecular weight excluding hydrogens is 1420 g/mol. The van der Waals surface area contributed by atoms with E-state index in [1.165, 1.54) is 154 Å². The molecule has 0 saturated heterocycles. The Balaban J connectivity index is 0.000000454. The van der Waals surface area contributed by atoms with E-state index < -0.39 is 54.1 Å². The van der Waals surface area contributed by atoms with Crippen LogP contribution < -0.4 is 19.6 Å². The number of nitro groups is 1. The molecule has 0 aliphatic heterocycles. The molecule has 98 heavy (non-hydrogen) atoms. The zero-order valence-corrected chi connectivity index (χ0v) is 72.5. The van der Waals surface area contributed by atoms with Crippen LogP contribution in [0.5, 0.6) is 5.75 Å².